The number of aromatic nitrogens is 2. The Hall–Kier alpha value is -3.41. The van der Waals surface area contributed by atoms with Gasteiger partial charge in [-0.05, 0) is 65.7 Å². The van der Waals surface area contributed by atoms with Crippen molar-refractivity contribution >= 4 is 23.5 Å². The van der Waals surface area contributed by atoms with Gasteiger partial charge in [-0.25, -0.2) is 13.8 Å². The van der Waals surface area contributed by atoms with E-state index in [9.17, 15) is 13.6 Å². The summed E-state index contributed by atoms with van der Waals surface area (Å²) in [5, 5.41) is 3.17. The third kappa shape index (κ3) is 7.58. The van der Waals surface area contributed by atoms with Crippen LogP contribution in [0.2, 0.25) is 0 Å². The second-order valence-electron chi connectivity index (χ2n) is 12.1. The normalized spacial score (nSPS) is 18.4. The zero-order chi connectivity index (χ0) is 33.4. The number of carbonyl (C=O) groups excluding carboxylic acids is 1. The number of nitrogens with zero attached hydrogens (tertiary/aromatic N) is 5. The summed E-state index contributed by atoms with van der Waals surface area (Å²) < 4.78 is 40.5. The number of alkyl halides is 2. The topological polar surface area (TPSA) is 83.1 Å². The molecule has 1 atom stereocenters. The molecule has 5 heterocycles. The number of carbonyl (C=O) groups is 1. The molecule has 2 aromatic heterocycles. The number of anilines is 2. The van der Waals surface area contributed by atoms with Gasteiger partial charge in [-0.1, -0.05) is 18.7 Å². The standard InChI is InChI=1S/C28H38F2N4O2.C7H12N2O/c1-7-10-20-21(33(8-2)9-3)15-23(32-25(20)27(29)30)34(18(4)5)14-12-22-24-19(6)11-13-31-26(24)28(36-22)16-35-17-28;1-2-7(10)9-5-3-8-4-6-9/h7,10-11,13,15,18,22,27H,8-9,12,14,16-17H2,1-6H3;2,8H,1,3-6H2/b10-7-;. The summed E-state index contributed by atoms with van der Waals surface area (Å²) in [7, 11) is 0. The van der Waals surface area contributed by atoms with E-state index in [0.717, 1.165) is 61.8 Å². The van der Waals surface area contributed by atoms with Crippen LogP contribution in [-0.2, 0) is 19.9 Å². The van der Waals surface area contributed by atoms with Crippen LogP contribution >= 0.6 is 0 Å². The van der Waals surface area contributed by atoms with E-state index in [1.807, 2.05) is 39.1 Å². The Kier molecular flexibility index (Phi) is 12.3. The van der Waals surface area contributed by atoms with Crippen LogP contribution < -0.4 is 15.1 Å². The number of allylic oxidation sites excluding steroid dienone is 1. The highest BCUT2D eigenvalue weighted by molar-refractivity contribution is 5.87. The first-order valence-corrected chi connectivity index (χ1v) is 16.4. The second kappa shape index (κ2) is 15.9. The van der Waals surface area contributed by atoms with Crippen LogP contribution in [-0.4, -0.2) is 85.8 Å². The van der Waals surface area contributed by atoms with Crippen molar-refractivity contribution in [2.45, 2.75) is 72.1 Å². The van der Waals surface area contributed by atoms with Gasteiger partial charge in [0.25, 0.3) is 6.43 Å². The van der Waals surface area contributed by atoms with Gasteiger partial charge in [0.05, 0.1) is 25.0 Å². The number of rotatable bonds is 11. The quantitative estimate of drug-likeness (QED) is 0.309. The molecule has 1 spiro atoms. The Labute approximate surface area is 272 Å². The summed E-state index contributed by atoms with van der Waals surface area (Å²) in [6.45, 7) is 22.1. The molecule has 0 bridgehead atoms. The average molecular weight is 641 g/mol. The van der Waals surface area contributed by atoms with Crippen LogP contribution in [0, 0.1) is 6.92 Å². The van der Waals surface area contributed by atoms with Crippen molar-refractivity contribution in [2.75, 3.05) is 68.8 Å². The number of piperazine rings is 1. The molecule has 3 aliphatic heterocycles. The molecule has 1 amide bonds. The van der Waals surface area contributed by atoms with Crippen LogP contribution in [0.5, 0.6) is 0 Å². The molecule has 0 saturated carbocycles. The number of aryl methyl sites for hydroxylation is 1. The minimum atomic E-state index is -2.67. The number of amides is 1. The number of nitrogens with one attached hydrogen (secondary N) is 1. The van der Waals surface area contributed by atoms with Crippen LogP contribution in [0.25, 0.3) is 6.08 Å². The first-order chi connectivity index (χ1) is 22.1. The molecule has 11 heteroatoms. The van der Waals surface area contributed by atoms with Crippen molar-refractivity contribution in [3.05, 3.63) is 65.1 Å². The van der Waals surface area contributed by atoms with E-state index in [0.29, 0.717) is 37.6 Å². The van der Waals surface area contributed by atoms with E-state index < -0.39 is 12.0 Å². The third-order valence-corrected chi connectivity index (χ3v) is 8.85. The molecular weight excluding hydrogens is 590 g/mol. The molecule has 252 valence electrons. The molecule has 2 fully saturated rings. The number of ether oxygens (including phenoxy) is 2. The van der Waals surface area contributed by atoms with Crippen molar-refractivity contribution in [2.24, 2.45) is 0 Å². The summed E-state index contributed by atoms with van der Waals surface area (Å²) in [4.78, 5) is 26.1. The maximum absolute atomic E-state index is 14.2. The lowest BCUT2D eigenvalue weighted by atomic mass is 9.92. The first-order valence-electron chi connectivity index (χ1n) is 16.4. The number of pyridine rings is 2. The summed E-state index contributed by atoms with van der Waals surface area (Å²) >= 11 is 0. The highest BCUT2D eigenvalue weighted by Gasteiger charge is 2.52. The lowest BCUT2D eigenvalue weighted by molar-refractivity contribution is -0.226. The largest absolute Gasteiger partial charge is 0.374 e. The van der Waals surface area contributed by atoms with Gasteiger partial charge in [0.15, 0.2) is 5.60 Å². The van der Waals surface area contributed by atoms with Crippen LogP contribution in [0.15, 0.2) is 37.1 Å². The van der Waals surface area contributed by atoms with Crippen molar-refractivity contribution in [1.29, 1.82) is 0 Å². The Morgan fingerprint density at radius 3 is 2.48 bits per heavy atom. The summed E-state index contributed by atoms with van der Waals surface area (Å²) in [5.74, 6) is 0.611. The molecule has 5 rings (SSSR count). The molecule has 2 saturated heterocycles. The van der Waals surface area contributed by atoms with Gasteiger partial charge in [0, 0.05) is 80.9 Å². The predicted octanol–water partition coefficient (Wildman–Crippen LogP) is 5.81. The molecule has 9 nitrogen and oxygen atoms in total. The SMILES string of the molecule is C/C=C\c1c(N(CC)CC)cc(N(CCC2OC3(COC3)c3nccc(C)c32)C(C)C)nc1C(F)F.C=CC(=O)N1CCNCC1. The highest BCUT2D eigenvalue weighted by atomic mass is 19.3. The zero-order valence-corrected chi connectivity index (χ0v) is 28.2. The molecule has 0 aromatic carbocycles. The molecule has 2 aromatic rings. The Bertz CT molecular complexity index is 1370. The van der Waals surface area contributed by atoms with E-state index in [1.54, 1.807) is 17.1 Å². The van der Waals surface area contributed by atoms with Crippen molar-refractivity contribution in [3.8, 4) is 0 Å². The molecule has 0 aliphatic carbocycles. The molecule has 1 unspecified atom stereocenters. The molecule has 0 radical (unpaired) electrons. The third-order valence-electron chi connectivity index (χ3n) is 8.85. The smallest absolute Gasteiger partial charge is 0.281 e. The number of hydrogen-bond acceptors (Lipinski definition) is 8. The van der Waals surface area contributed by atoms with Gasteiger partial charge in [0.1, 0.15) is 11.5 Å². The van der Waals surface area contributed by atoms with Crippen LogP contribution in [0.4, 0.5) is 20.3 Å². The van der Waals surface area contributed by atoms with Crippen molar-refractivity contribution < 1.29 is 23.0 Å². The van der Waals surface area contributed by atoms with Crippen LogP contribution in [0.3, 0.4) is 0 Å². The molecule has 1 N–H and O–H groups in total. The zero-order valence-electron chi connectivity index (χ0n) is 28.2. The second-order valence-corrected chi connectivity index (χ2v) is 12.1. The fourth-order valence-electron chi connectivity index (χ4n) is 6.35. The fourth-order valence-corrected chi connectivity index (χ4v) is 6.35. The van der Waals surface area contributed by atoms with E-state index in [-0.39, 0.29) is 23.7 Å². The maximum atomic E-state index is 14.2. The lowest BCUT2D eigenvalue weighted by Gasteiger charge is -2.37. The predicted molar refractivity (Wildman–Crippen MR) is 180 cm³/mol. The van der Waals surface area contributed by atoms with Gasteiger partial charge in [0.2, 0.25) is 5.91 Å². The summed E-state index contributed by atoms with van der Waals surface area (Å²) in [5.41, 5.74) is 3.92. The Morgan fingerprint density at radius 2 is 1.93 bits per heavy atom. The average Bonchev–Trinajstić information content (AvgIpc) is 3.39. The number of halogens is 2. The maximum Gasteiger partial charge on any atom is 0.281 e. The summed E-state index contributed by atoms with van der Waals surface area (Å²) in [6.07, 6.45) is 4.63. The van der Waals surface area contributed by atoms with E-state index in [1.165, 1.54) is 6.08 Å². The van der Waals surface area contributed by atoms with Crippen molar-refractivity contribution in [3.63, 3.8) is 0 Å². The molecule has 46 heavy (non-hydrogen) atoms. The van der Waals surface area contributed by atoms with Gasteiger partial charge < -0.3 is 29.5 Å². The van der Waals surface area contributed by atoms with Gasteiger partial charge >= 0.3 is 0 Å². The monoisotopic (exact) mass is 640 g/mol. The minimum absolute atomic E-state index is 0.0431. The Morgan fingerprint density at radius 1 is 1.24 bits per heavy atom. The minimum Gasteiger partial charge on any atom is -0.374 e. The highest BCUT2D eigenvalue weighted by Crippen LogP contribution is 2.49. The molecular formula is C35H50F2N6O3. The van der Waals surface area contributed by atoms with Gasteiger partial charge in [-0.15, -0.1) is 0 Å². The molecule has 3 aliphatic rings. The van der Waals surface area contributed by atoms with E-state index in [4.69, 9.17) is 9.47 Å². The van der Waals surface area contributed by atoms with Crippen LogP contribution in [0.1, 0.15) is 81.6 Å². The van der Waals surface area contributed by atoms with Crippen molar-refractivity contribution in [1.82, 2.24) is 20.2 Å². The van der Waals surface area contributed by atoms with E-state index in [2.05, 4.69) is 52.4 Å². The first kappa shape index (κ1) is 35.4. The number of hydrogen-bond donors (Lipinski definition) is 1. The Balaban J connectivity index is 0.000000409. The fraction of sp³-hybridized carbons (Fsp3) is 0.571. The van der Waals surface area contributed by atoms with Gasteiger partial charge in [-0.2, -0.15) is 0 Å². The van der Waals surface area contributed by atoms with E-state index >= 15 is 0 Å². The summed E-state index contributed by atoms with van der Waals surface area (Å²) in [6, 6.07) is 4.05. The lowest BCUT2D eigenvalue weighted by Crippen LogP contribution is -2.47. The number of fused-ring (bicyclic) bond motifs is 2. The van der Waals surface area contributed by atoms with Gasteiger partial charge in [-0.3, -0.25) is 9.78 Å².